The zero-order chi connectivity index (χ0) is 17.4. The van der Waals surface area contributed by atoms with Gasteiger partial charge in [-0.25, -0.2) is 15.8 Å². The van der Waals surface area contributed by atoms with Crippen LogP contribution in [-0.2, 0) is 9.53 Å². The van der Waals surface area contributed by atoms with Crippen LogP contribution in [0.3, 0.4) is 0 Å². The van der Waals surface area contributed by atoms with Gasteiger partial charge in [-0.15, -0.1) is 0 Å². The second-order valence-electron chi connectivity index (χ2n) is 6.04. The van der Waals surface area contributed by atoms with Gasteiger partial charge >= 0.3 is 5.97 Å². The van der Waals surface area contributed by atoms with Crippen LogP contribution >= 0.6 is 11.6 Å². The number of methoxy groups -OCH3 is 1. The van der Waals surface area contributed by atoms with Crippen molar-refractivity contribution in [2.45, 2.75) is 31.7 Å². The van der Waals surface area contributed by atoms with E-state index in [4.69, 9.17) is 22.9 Å². The number of hydrogen-bond donors (Lipinski definition) is 0. The number of hydrogen-bond acceptors (Lipinski definition) is 3. The molecule has 3 rings (SSSR count). The fraction of sp³-hybridized carbons (Fsp3) is 0.389. The number of aliphatic imine (C=N–C) groups is 1. The monoisotopic (exact) mass is 346 g/mol. The normalized spacial score (nSPS) is 23.5. The largest absolute Gasteiger partial charge is 0.466 e. The van der Waals surface area contributed by atoms with Crippen molar-refractivity contribution in [3.63, 3.8) is 0 Å². The van der Waals surface area contributed by atoms with Crippen molar-refractivity contribution >= 4 is 23.3 Å². The zero-order valence-corrected chi connectivity index (χ0v) is 14.1. The highest BCUT2D eigenvalue weighted by Crippen LogP contribution is 2.47. The van der Waals surface area contributed by atoms with Gasteiger partial charge in [0, 0.05) is 10.9 Å². The molecule has 0 radical (unpaired) electrons. The van der Waals surface area contributed by atoms with E-state index in [-0.39, 0.29) is 10.9 Å². The van der Waals surface area contributed by atoms with Crippen molar-refractivity contribution in [1.29, 1.82) is 0 Å². The number of esters is 1. The molecule has 1 fully saturated rings. The molecule has 1 heterocycles. The van der Waals surface area contributed by atoms with Crippen molar-refractivity contribution < 1.29 is 13.9 Å². The van der Waals surface area contributed by atoms with E-state index in [1.54, 1.807) is 6.92 Å². The van der Waals surface area contributed by atoms with E-state index in [1.165, 1.54) is 25.3 Å². The highest BCUT2D eigenvalue weighted by atomic mass is 35.5. The van der Waals surface area contributed by atoms with Crippen LogP contribution in [0, 0.1) is 18.3 Å². The predicted molar refractivity (Wildman–Crippen MR) is 89.4 cm³/mol. The number of ether oxygens (including phenoxy) is 1. The Hall–Kier alpha value is -2.19. The van der Waals surface area contributed by atoms with Crippen molar-refractivity contribution in [2.75, 3.05) is 7.11 Å². The molecule has 0 spiro atoms. The average molecular weight is 347 g/mol. The number of halogens is 2. The maximum atomic E-state index is 13.4. The molecular weight excluding hydrogens is 331 g/mol. The van der Waals surface area contributed by atoms with Gasteiger partial charge in [0.1, 0.15) is 11.7 Å². The van der Waals surface area contributed by atoms with Gasteiger partial charge in [-0.05, 0) is 37.5 Å². The lowest BCUT2D eigenvalue weighted by Crippen LogP contribution is -2.33. The maximum Gasteiger partial charge on any atom is 0.336 e. The topological polar surface area (TPSA) is 43.0 Å². The summed E-state index contributed by atoms with van der Waals surface area (Å²) in [6.07, 6.45) is 1.92. The first-order chi connectivity index (χ1) is 11.5. The van der Waals surface area contributed by atoms with E-state index in [9.17, 15) is 9.18 Å². The summed E-state index contributed by atoms with van der Waals surface area (Å²) in [7, 11) is 1.31. The third-order valence-electron chi connectivity index (χ3n) is 4.43. The minimum Gasteiger partial charge on any atom is -0.466 e. The molecule has 1 aromatic carbocycles. The first-order valence-corrected chi connectivity index (χ1v) is 8.04. The van der Waals surface area contributed by atoms with Gasteiger partial charge < -0.3 is 9.58 Å². The third-order valence-corrected chi connectivity index (χ3v) is 4.76. The molecule has 1 aliphatic carbocycles. The molecule has 4 nitrogen and oxygen atoms in total. The van der Waals surface area contributed by atoms with Crippen LogP contribution in [0.4, 0.5) is 4.39 Å². The van der Waals surface area contributed by atoms with E-state index < -0.39 is 23.7 Å². The Kier molecular flexibility index (Phi) is 4.42. The second kappa shape index (κ2) is 6.37. The molecule has 1 aliphatic heterocycles. The molecule has 24 heavy (non-hydrogen) atoms. The van der Waals surface area contributed by atoms with Gasteiger partial charge in [0.25, 0.3) is 6.04 Å². The van der Waals surface area contributed by atoms with Crippen LogP contribution < -0.4 is 0 Å². The van der Waals surface area contributed by atoms with Crippen LogP contribution in [0.5, 0.6) is 0 Å². The van der Waals surface area contributed by atoms with E-state index in [0.29, 0.717) is 22.5 Å². The number of benzene rings is 1. The Balaban J connectivity index is 2.23. The van der Waals surface area contributed by atoms with Crippen molar-refractivity contribution in [3.05, 3.63) is 57.3 Å². The molecule has 0 saturated heterocycles. The predicted octanol–water partition coefficient (Wildman–Crippen LogP) is 4.16. The van der Waals surface area contributed by atoms with Gasteiger partial charge in [-0.3, -0.25) is 4.99 Å². The lowest BCUT2D eigenvalue weighted by atomic mass is 9.79. The molecule has 2 unspecified atom stereocenters. The number of nitrogens with zero attached hydrogens (tertiary/aromatic N) is 2. The van der Waals surface area contributed by atoms with Gasteiger partial charge in [0.15, 0.2) is 0 Å². The number of carbonyl (C=O) groups is 1. The fourth-order valence-corrected chi connectivity index (χ4v) is 3.42. The average Bonchev–Trinajstić information content (AvgIpc) is 3.38. The lowest BCUT2D eigenvalue weighted by molar-refractivity contribution is -0.136. The van der Waals surface area contributed by atoms with Crippen molar-refractivity contribution in [1.82, 2.24) is 0 Å². The van der Waals surface area contributed by atoms with Crippen LogP contribution in [0.15, 0.2) is 34.5 Å². The summed E-state index contributed by atoms with van der Waals surface area (Å²) in [5.41, 5.74) is 2.25. The summed E-state index contributed by atoms with van der Waals surface area (Å²) in [6.45, 7) is 9.33. The summed E-state index contributed by atoms with van der Waals surface area (Å²) in [4.78, 5) is 20.7. The molecule has 0 amide bonds. The number of allylic oxidation sites excluding steroid dienone is 1. The summed E-state index contributed by atoms with van der Waals surface area (Å²) < 4.78 is 18.4. The summed E-state index contributed by atoms with van der Waals surface area (Å²) in [6, 6.07) is 3.36. The van der Waals surface area contributed by atoms with Crippen LogP contribution in [0.25, 0.3) is 4.85 Å². The standard InChI is InChI=1S/C18H16ClFN2O2/c1-9-16(21-2)14(12-7-6-11(20)8-13(12)19)15(18(23)24-3)17(22-9)10-4-5-10/h6-8,10,14,16H,4-5H2,1,3H3. The quantitative estimate of drug-likeness (QED) is 0.609. The third kappa shape index (κ3) is 2.83. The summed E-state index contributed by atoms with van der Waals surface area (Å²) in [5, 5.41) is 0.194. The highest BCUT2D eigenvalue weighted by Gasteiger charge is 2.46. The first-order valence-electron chi connectivity index (χ1n) is 7.67. The molecule has 1 saturated carbocycles. The molecule has 2 aliphatic rings. The van der Waals surface area contributed by atoms with Crippen LogP contribution in [-0.4, -0.2) is 24.8 Å². The van der Waals surface area contributed by atoms with Gasteiger partial charge in [-0.2, -0.15) is 0 Å². The van der Waals surface area contributed by atoms with Crippen molar-refractivity contribution in [3.8, 4) is 0 Å². The summed E-state index contributed by atoms with van der Waals surface area (Å²) in [5.74, 6) is -1.36. The SMILES string of the molecule is [C-]#[N+]C1C(C)=NC(C2CC2)=C(C(=O)OC)C1c1ccc(F)cc1Cl. The highest BCUT2D eigenvalue weighted by molar-refractivity contribution is 6.31. The van der Waals surface area contributed by atoms with E-state index >= 15 is 0 Å². The Morgan fingerprint density at radius 2 is 2.17 bits per heavy atom. The molecule has 0 bridgehead atoms. The smallest absolute Gasteiger partial charge is 0.336 e. The van der Waals surface area contributed by atoms with Crippen molar-refractivity contribution in [2.24, 2.45) is 10.9 Å². The number of carbonyl (C=O) groups excluding carboxylic acids is 1. The van der Waals surface area contributed by atoms with E-state index in [1.807, 2.05) is 0 Å². The fourth-order valence-electron chi connectivity index (χ4n) is 3.13. The molecule has 2 atom stereocenters. The molecule has 0 aromatic heterocycles. The van der Waals surface area contributed by atoms with E-state index in [2.05, 4.69) is 9.84 Å². The Labute approximate surface area is 144 Å². The Morgan fingerprint density at radius 1 is 1.46 bits per heavy atom. The minimum absolute atomic E-state index is 0.194. The van der Waals surface area contributed by atoms with Gasteiger partial charge in [0.2, 0.25) is 0 Å². The lowest BCUT2D eigenvalue weighted by Gasteiger charge is -2.27. The maximum absolute atomic E-state index is 13.4. The first kappa shape index (κ1) is 16.7. The zero-order valence-electron chi connectivity index (χ0n) is 13.3. The van der Waals surface area contributed by atoms with Crippen LogP contribution in [0.2, 0.25) is 5.02 Å². The summed E-state index contributed by atoms with van der Waals surface area (Å²) >= 11 is 6.23. The molecular formula is C18H16ClFN2O2. The van der Waals surface area contributed by atoms with E-state index in [0.717, 1.165) is 12.8 Å². The Morgan fingerprint density at radius 3 is 2.71 bits per heavy atom. The van der Waals surface area contributed by atoms with Crippen LogP contribution in [0.1, 0.15) is 31.2 Å². The molecule has 124 valence electrons. The molecule has 0 N–H and O–H groups in total. The number of rotatable bonds is 3. The van der Waals surface area contributed by atoms with Gasteiger partial charge in [-0.1, -0.05) is 17.7 Å². The second-order valence-corrected chi connectivity index (χ2v) is 6.44. The van der Waals surface area contributed by atoms with Gasteiger partial charge in [0.05, 0.1) is 24.1 Å². The molecule has 1 aromatic rings. The minimum atomic E-state index is -0.662. The molecule has 6 heteroatoms. The Bertz CT molecular complexity index is 806.